The molecule has 0 radical (unpaired) electrons. The van der Waals surface area contributed by atoms with Crippen molar-refractivity contribution in [1.29, 1.82) is 0 Å². The zero-order chi connectivity index (χ0) is 21.7. The number of benzene rings is 2. The van der Waals surface area contributed by atoms with Crippen LogP contribution in [0.1, 0.15) is 51.7 Å². The lowest BCUT2D eigenvalue weighted by molar-refractivity contribution is 0.0846. The molecule has 30 heavy (non-hydrogen) atoms. The van der Waals surface area contributed by atoms with Gasteiger partial charge < -0.3 is 14.5 Å². The number of ether oxygens (including phenoxy) is 2. The van der Waals surface area contributed by atoms with E-state index in [9.17, 15) is 9.59 Å². The van der Waals surface area contributed by atoms with Crippen molar-refractivity contribution in [1.82, 2.24) is 15.8 Å². The number of hydrogen-bond donors (Lipinski definition) is 3. The summed E-state index contributed by atoms with van der Waals surface area (Å²) < 4.78 is 11.0. The predicted molar refractivity (Wildman–Crippen MR) is 116 cm³/mol. The number of fused-ring (bicyclic) bond motifs is 1. The Balaban J connectivity index is 1.66. The molecule has 0 fully saturated rings. The Labute approximate surface area is 175 Å². The summed E-state index contributed by atoms with van der Waals surface area (Å²) in [5.41, 5.74) is 8.84. The van der Waals surface area contributed by atoms with Gasteiger partial charge in [0.25, 0.3) is 11.8 Å². The first-order chi connectivity index (χ1) is 14.4. The zero-order valence-electron chi connectivity index (χ0n) is 17.7. The van der Waals surface area contributed by atoms with Crippen LogP contribution in [0.5, 0.6) is 11.5 Å². The van der Waals surface area contributed by atoms with Gasteiger partial charge >= 0.3 is 0 Å². The minimum absolute atomic E-state index is 0.350. The molecule has 3 aromatic rings. The van der Waals surface area contributed by atoms with Gasteiger partial charge in [-0.25, -0.2) is 0 Å². The first kappa shape index (κ1) is 21.2. The quantitative estimate of drug-likeness (QED) is 0.405. The van der Waals surface area contributed by atoms with Gasteiger partial charge in [-0.05, 0) is 62.2 Å². The number of aromatic nitrogens is 1. The highest BCUT2D eigenvalue weighted by Crippen LogP contribution is 2.28. The van der Waals surface area contributed by atoms with Gasteiger partial charge in [0.2, 0.25) is 0 Å². The molecule has 0 aliphatic rings. The molecule has 0 saturated heterocycles. The summed E-state index contributed by atoms with van der Waals surface area (Å²) in [4.78, 5) is 28.2. The summed E-state index contributed by atoms with van der Waals surface area (Å²) in [7, 11) is 1.52. The molecule has 1 aromatic heterocycles. The fraction of sp³-hybridized carbons (Fsp3) is 0.304. The number of aryl methyl sites for hydroxylation is 2. The van der Waals surface area contributed by atoms with Crippen molar-refractivity contribution in [3.8, 4) is 11.5 Å². The van der Waals surface area contributed by atoms with Gasteiger partial charge in [-0.1, -0.05) is 13.3 Å². The average Bonchev–Trinajstić information content (AvgIpc) is 3.05. The predicted octanol–water partition coefficient (Wildman–Crippen LogP) is 4.05. The Hall–Kier alpha value is -3.48. The molecule has 0 spiro atoms. The molecule has 2 amide bonds. The number of carbonyl (C=O) groups is 2. The molecule has 7 nitrogen and oxygen atoms in total. The molecule has 158 valence electrons. The van der Waals surface area contributed by atoms with Crippen LogP contribution in [0.3, 0.4) is 0 Å². The minimum Gasteiger partial charge on any atom is -0.493 e. The highest BCUT2D eigenvalue weighted by atomic mass is 16.5. The fourth-order valence-electron chi connectivity index (χ4n) is 3.11. The lowest BCUT2D eigenvalue weighted by Gasteiger charge is -2.12. The van der Waals surface area contributed by atoms with Gasteiger partial charge in [0.05, 0.1) is 13.7 Å². The lowest BCUT2D eigenvalue weighted by atomic mass is 10.1. The smallest absolute Gasteiger partial charge is 0.269 e. The van der Waals surface area contributed by atoms with Crippen molar-refractivity contribution in [2.24, 2.45) is 0 Å². The summed E-state index contributed by atoms with van der Waals surface area (Å²) in [6.45, 7) is 6.66. The molecule has 0 saturated carbocycles. The van der Waals surface area contributed by atoms with Crippen LogP contribution >= 0.6 is 0 Å². The van der Waals surface area contributed by atoms with Crippen LogP contribution in [0.4, 0.5) is 0 Å². The van der Waals surface area contributed by atoms with E-state index in [0.717, 1.165) is 35.0 Å². The zero-order valence-corrected chi connectivity index (χ0v) is 17.7. The molecule has 0 unspecified atom stereocenters. The molecule has 7 heteroatoms. The van der Waals surface area contributed by atoms with Gasteiger partial charge in [0.1, 0.15) is 0 Å². The Kier molecular flexibility index (Phi) is 6.61. The number of hydrogen-bond acceptors (Lipinski definition) is 4. The molecule has 0 atom stereocenters. The number of hydrazine groups is 1. The lowest BCUT2D eigenvalue weighted by Crippen LogP contribution is -2.41. The van der Waals surface area contributed by atoms with E-state index in [-0.39, 0.29) is 0 Å². The standard InChI is InChI=1S/C23H27N3O4/c1-5-6-11-30-20-10-8-17(13-21(20)29-4)23(28)26-25-22(27)16-7-9-19-18(12-16)14(2)15(3)24-19/h7-10,12-13,24H,5-6,11H2,1-4H3,(H,25,27)(H,26,28). The highest BCUT2D eigenvalue weighted by molar-refractivity contribution is 6.01. The third-order valence-corrected chi connectivity index (χ3v) is 5.04. The topological polar surface area (TPSA) is 92.5 Å². The summed E-state index contributed by atoms with van der Waals surface area (Å²) >= 11 is 0. The van der Waals surface area contributed by atoms with E-state index in [1.807, 2.05) is 19.9 Å². The van der Waals surface area contributed by atoms with E-state index in [1.54, 1.807) is 30.3 Å². The monoisotopic (exact) mass is 409 g/mol. The molecule has 2 aromatic carbocycles. The van der Waals surface area contributed by atoms with Crippen molar-refractivity contribution < 1.29 is 19.1 Å². The molecular weight excluding hydrogens is 382 g/mol. The van der Waals surface area contributed by atoms with E-state index < -0.39 is 11.8 Å². The SMILES string of the molecule is CCCCOc1ccc(C(=O)NNC(=O)c2ccc3[nH]c(C)c(C)c3c2)cc1OC. The first-order valence-electron chi connectivity index (χ1n) is 9.95. The summed E-state index contributed by atoms with van der Waals surface area (Å²) in [6, 6.07) is 10.3. The maximum Gasteiger partial charge on any atom is 0.269 e. The highest BCUT2D eigenvalue weighted by Gasteiger charge is 2.14. The summed E-state index contributed by atoms with van der Waals surface area (Å²) in [5, 5.41) is 0.981. The number of nitrogens with one attached hydrogen (secondary N) is 3. The molecular formula is C23H27N3O4. The largest absolute Gasteiger partial charge is 0.493 e. The minimum atomic E-state index is -0.448. The van der Waals surface area contributed by atoms with Crippen LogP contribution in [-0.4, -0.2) is 30.5 Å². The van der Waals surface area contributed by atoms with E-state index in [2.05, 4.69) is 22.8 Å². The van der Waals surface area contributed by atoms with E-state index in [4.69, 9.17) is 9.47 Å². The summed E-state index contributed by atoms with van der Waals surface area (Å²) in [5.74, 6) is 0.206. The number of aromatic amines is 1. The van der Waals surface area contributed by atoms with Crippen molar-refractivity contribution in [2.75, 3.05) is 13.7 Å². The van der Waals surface area contributed by atoms with Crippen molar-refractivity contribution in [2.45, 2.75) is 33.6 Å². The fourth-order valence-corrected chi connectivity index (χ4v) is 3.11. The third-order valence-electron chi connectivity index (χ3n) is 5.04. The van der Waals surface area contributed by atoms with Crippen LogP contribution in [0.15, 0.2) is 36.4 Å². The van der Waals surface area contributed by atoms with Crippen LogP contribution in [0, 0.1) is 13.8 Å². The normalized spacial score (nSPS) is 10.7. The molecule has 3 N–H and O–H groups in total. The Morgan fingerprint density at radius 2 is 1.63 bits per heavy atom. The maximum absolute atomic E-state index is 12.5. The van der Waals surface area contributed by atoms with Crippen molar-refractivity contribution in [3.05, 3.63) is 58.8 Å². The number of H-pyrrole nitrogens is 1. The van der Waals surface area contributed by atoms with Gasteiger partial charge in [-0.2, -0.15) is 0 Å². The van der Waals surface area contributed by atoms with Gasteiger partial charge in [-0.3, -0.25) is 20.4 Å². The Morgan fingerprint density at radius 1 is 0.967 bits per heavy atom. The molecule has 3 rings (SSSR count). The molecule has 1 heterocycles. The van der Waals surface area contributed by atoms with Crippen LogP contribution in [-0.2, 0) is 0 Å². The molecule has 0 aliphatic heterocycles. The second kappa shape index (κ2) is 9.35. The first-order valence-corrected chi connectivity index (χ1v) is 9.95. The van der Waals surface area contributed by atoms with Gasteiger partial charge in [-0.15, -0.1) is 0 Å². The van der Waals surface area contributed by atoms with E-state index in [1.165, 1.54) is 7.11 Å². The van der Waals surface area contributed by atoms with Crippen molar-refractivity contribution >= 4 is 22.7 Å². The second-order valence-corrected chi connectivity index (χ2v) is 7.11. The number of rotatable bonds is 7. The van der Waals surface area contributed by atoms with Crippen LogP contribution in [0.25, 0.3) is 10.9 Å². The number of unbranched alkanes of at least 4 members (excludes halogenated alkanes) is 1. The van der Waals surface area contributed by atoms with E-state index >= 15 is 0 Å². The Morgan fingerprint density at radius 3 is 2.30 bits per heavy atom. The van der Waals surface area contributed by atoms with Crippen LogP contribution in [0.2, 0.25) is 0 Å². The van der Waals surface area contributed by atoms with E-state index in [0.29, 0.717) is 29.2 Å². The van der Waals surface area contributed by atoms with Crippen LogP contribution < -0.4 is 20.3 Å². The molecule has 0 aliphatic carbocycles. The average molecular weight is 409 g/mol. The number of amides is 2. The van der Waals surface area contributed by atoms with Crippen molar-refractivity contribution in [3.63, 3.8) is 0 Å². The third kappa shape index (κ3) is 4.56. The number of methoxy groups -OCH3 is 1. The maximum atomic E-state index is 12.5. The van der Waals surface area contributed by atoms with Gasteiger partial charge in [0, 0.05) is 27.7 Å². The number of carbonyl (C=O) groups excluding carboxylic acids is 2. The second-order valence-electron chi connectivity index (χ2n) is 7.11. The summed E-state index contributed by atoms with van der Waals surface area (Å²) in [6.07, 6.45) is 1.96. The Bertz CT molecular complexity index is 1070. The van der Waals surface area contributed by atoms with Gasteiger partial charge in [0.15, 0.2) is 11.5 Å². The molecule has 0 bridgehead atoms.